The Balaban J connectivity index is 1.73. The monoisotopic (exact) mass is 504 g/mol. The van der Waals surface area contributed by atoms with E-state index in [-0.39, 0.29) is 11.3 Å². The SMILES string of the molecule is COC(=O)[C@H]1c2ccccc2C(=O)N(c2ccc(C(C)(C)C)c(Cl)c2)[C@@H]1c1ccc2c(c1)NCCO2. The summed E-state index contributed by atoms with van der Waals surface area (Å²) >= 11 is 6.74. The van der Waals surface area contributed by atoms with Crippen molar-refractivity contribution in [2.24, 2.45) is 0 Å². The molecule has 0 fully saturated rings. The van der Waals surface area contributed by atoms with E-state index in [2.05, 4.69) is 26.1 Å². The lowest BCUT2D eigenvalue weighted by Gasteiger charge is -2.41. The number of ether oxygens (including phenoxy) is 2. The number of anilines is 2. The number of hydrogen-bond donors (Lipinski definition) is 1. The molecule has 2 aliphatic rings. The van der Waals surface area contributed by atoms with Gasteiger partial charge in [-0.2, -0.15) is 0 Å². The zero-order valence-electron chi connectivity index (χ0n) is 20.8. The van der Waals surface area contributed by atoms with Gasteiger partial charge in [0, 0.05) is 22.8 Å². The molecule has 36 heavy (non-hydrogen) atoms. The maximum Gasteiger partial charge on any atom is 0.315 e. The van der Waals surface area contributed by atoms with Crippen molar-refractivity contribution in [2.75, 3.05) is 30.5 Å². The van der Waals surface area contributed by atoms with Crippen LogP contribution in [-0.2, 0) is 14.9 Å². The molecule has 186 valence electrons. The highest BCUT2D eigenvalue weighted by molar-refractivity contribution is 6.32. The lowest BCUT2D eigenvalue weighted by Crippen LogP contribution is -2.45. The molecular formula is C29H29ClN2O4. The Morgan fingerprint density at radius 2 is 1.89 bits per heavy atom. The molecule has 7 heteroatoms. The number of esters is 1. The van der Waals surface area contributed by atoms with Gasteiger partial charge in [0.2, 0.25) is 0 Å². The number of nitrogens with zero attached hydrogens (tertiary/aromatic N) is 1. The maximum atomic E-state index is 14.0. The number of fused-ring (bicyclic) bond motifs is 2. The molecule has 0 saturated heterocycles. The molecule has 2 aliphatic heterocycles. The number of hydrogen-bond acceptors (Lipinski definition) is 5. The van der Waals surface area contributed by atoms with Gasteiger partial charge in [0.05, 0.1) is 18.8 Å². The van der Waals surface area contributed by atoms with E-state index in [0.717, 1.165) is 22.6 Å². The average Bonchev–Trinajstić information content (AvgIpc) is 2.87. The smallest absolute Gasteiger partial charge is 0.315 e. The fourth-order valence-corrected chi connectivity index (χ4v) is 5.60. The third kappa shape index (κ3) is 4.09. The third-order valence-corrected chi connectivity index (χ3v) is 7.17. The molecule has 0 spiro atoms. The second-order valence-corrected chi connectivity index (χ2v) is 10.6. The van der Waals surface area contributed by atoms with Crippen LogP contribution < -0.4 is 15.0 Å². The molecule has 0 bridgehead atoms. The molecule has 1 N–H and O–H groups in total. The molecule has 0 aromatic heterocycles. The molecule has 0 saturated carbocycles. The Labute approximate surface area is 216 Å². The first-order valence-corrected chi connectivity index (χ1v) is 12.4. The minimum atomic E-state index is -0.729. The first-order valence-electron chi connectivity index (χ1n) is 12.0. The molecule has 1 amide bonds. The number of amides is 1. The largest absolute Gasteiger partial charge is 0.490 e. The van der Waals surface area contributed by atoms with Crippen LogP contribution in [0.15, 0.2) is 60.7 Å². The van der Waals surface area contributed by atoms with Gasteiger partial charge in [-0.25, -0.2) is 0 Å². The Morgan fingerprint density at radius 3 is 2.61 bits per heavy atom. The van der Waals surface area contributed by atoms with E-state index in [9.17, 15) is 9.59 Å². The highest BCUT2D eigenvalue weighted by Crippen LogP contribution is 2.47. The molecule has 5 rings (SSSR count). The van der Waals surface area contributed by atoms with Crippen LogP contribution in [-0.4, -0.2) is 32.1 Å². The lowest BCUT2D eigenvalue weighted by molar-refractivity contribution is -0.143. The van der Waals surface area contributed by atoms with Crippen molar-refractivity contribution in [3.63, 3.8) is 0 Å². The predicted molar refractivity (Wildman–Crippen MR) is 141 cm³/mol. The van der Waals surface area contributed by atoms with E-state index >= 15 is 0 Å². The van der Waals surface area contributed by atoms with Crippen molar-refractivity contribution in [1.82, 2.24) is 0 Å². The number of methoxy groups -OCH3 is 1. The molecular weight excluding hydrogens is 476 g/mol. The van der Waals surface area contributed by atoms with Crippen molar-refractivity contribution in [1.29, 1.82) is 0 Å². The second kappa shape index (κ2) is 9.17. The van der Waals surface area contributed by atoms with Crippen LogP contribution in [0, 0.1) is 0 Å². The van der Waals surface area contributed by atoms with Gasteiger partial charge in [0.25, 0.3) is 5.91 Å². The lowest BCUT2D eigenvalue weighted by atomic mass is 9.79. The van der Waals surface area contributed by atoms with Gasteiger partial charge in [-0.1, -0.05) is 62.7 Å². The average molecular weight is 505 g/mol. The first kappa shape index (κ1) is 24.2. The Hall–Kier alpha value is -3.51. The van der Waals surface area contributed by atoms with Crippen LogP contribution in [0.2, 0.25) is 5.02 Å². The summed E-state index contributed by atoms with van der Waals surface area (Å²) in [4.78, 5) is 29.0. The van der Waals surface area contributed by atoms with E-state index in [1.165, 1.54) is 7.11 Å². The summed E-state index contributed by atoms with van der Waals surface area (Å²) in [5, 5.41) is 3.92. The van der Waals surface area contributed by atoms with Crippen molar-refractivity contribution in [2.45, 2.75) is 38.1 Å². The van der Waals surface area contributed by atoms with Crippen LogP contribution in [0.1, 0.15) is 59.8 Å². The summed E-state index contributed by atoms with van der Waals surface area (Å²) in [7, 11) is 1.38. The number of benzene rings is 3. The number of rotatable bonds is 3. The highest BCUT2D eigenvalue weighted by atomic mass is 35.5. The summed E-state index contributed by atoms with van der Waals surface area (Å²) in [5.74, 6) is -0.597. The topological polar surface area (TPSA) is 67.9 Å². The van der Waals surface area contributed by atoms with Gasteiger partial charge in [-0.15, -0.1) is 0 Å². The van der Waals surface area contributed by atoms with Gasteiger partial charge >= 0.3 is 5.97 Å². The van der Waals surface area contributed by atoms with Crippen molar-refractivity contribution in [3.05, 3.63) is 87.9 Å². The molecule has 3 aromatic rings. The van der Waals surface area contributed by atoms with Gasteiger partial charge in [-0.05, 0) is 52.4 Å². The van der Waals surface area contributed by atoms with Crippen molar-refractivity contribution in [3.8, 4) is 5.75 Å². The van der Waals surface area contributed by atoms with Crippen molar-refractivity contribution >= 4 is 34.9 Å². The molecule has 0 radical (unpaired) electrons. The van der Waals surface area contributed by atoms with E-state index in [4.69, 9.17) is 21.1 Å². The number of nitrogens with one attached hydrogen (secondary N) is 1. The van der Waals surface area contributed by atoms with Crippen LogP contribution in [0.25, 0.3) is 0 Å². The van der Waals surface area contributed by atoms with Crippen LogP contribution >= 0.6 is 11.6 Å². The minimum absolute atomic E-state index is 0.160. The van der Waals surface area contributed by atoms with E-state index in [1.807, 2.05) is 48.5 Å². The Morgan fingerprint density at radius 1 is 1.11 bits per heavy atom. The summed E-state index contributed by atoms with van der Waals surface area (Å²) in [5.41, 5.74) is 4.18. The number of halogens is 1. The standard InChI is InChI=1S/C29H29ClN2O4/c1-29(2,3)21-11-10-18(16-22(21)30)32-26(17-9-12-24-23(15-17)31-13-14-36-24)25(28(34)35-4)19-7-5-6-8-20(19)27(32)33/h5-12,15-16,25-26,31H,13-14H2,1-4H3/t25-,26+/m0/s1. The highest BCUT2D eigenvalue weighted by Gasteiger charge is 2.46. The zero-order chi connectivity index (χ0) is 25.6. The normalized spacial score (nSPS) is 19.0. The number of carbonyl (C=O) groups excluding carboxylic acids is 2. The summed E-state index contributed by atoms with van der Waals surface area (Å²) in [6, 6.07) is 18.0. The van der Waals surface area contributed by atoms with E-state index in [0.29, 0.717) is 35.0 Å². The molecule has 3 aromatic carbocycles. The maximum absolute atomic E-state index is 14.0. The van der Waals surface area contributed by atoms with E-state index < -0.39 is 17.9 Å². The fraction of sp³-hybridized carbons (Fsp3) is 0.310. The van der Waals surface area contributed by atoms with E-state index in [1.54, 1.807) is 17.0 Å². The zero-order valence-corrected chi connectivity index (χ0v) is 21.6. The predicted octanol–water partition coefficient (Wildman–Crippen LogP) is 6.10. The fourth-order valence-electron chi connectivity index (χ4n) is 5.14. The Bertz CT molecular complexity index is 1350. The number of carbonyl (C=O) groups is 2. The molecule has 6 nitrogen and oxygen atoms in total. The van der Waals surface area contributed by atoms with Crippen LogP contribution in [0.5, 0.6) is 5.75 Å². The second-order valence-electron chi connectivity index (χ2n) is 10.2. The molecule has 2 heterocycles. The summed E-state index contributed by atoms with van der Waals surface area (Å²) in [6.45, 7) is 7.53. The van der Waals surface area contributed by atoms with Gasteiger partial charge in [-0.3, -0.25) is 14.5 Å². The third-order valence-electron chi connectivity index (χ3n) is 6.85. The molecule has 0 aliphatic carbocycles. The Kier molecular flexibility index (Phi) is 6.17. The summed E-state index contributed by atoms with van der Waals surface area (Å²) in [6.07, 6.45) is 0. The van der Waals surface area contributed by atoms with Crippen molar-refractivity contribution < 1.29 is 19.1 Å². The summed E-state index contributed by atoms with van der Waals surface area (Å²) < 4.78 is 11.0. The van der Waals surface area contributed by atoms with Crippen LogP contribution in [0.3, 0.4) is 0 Å². The minimum Gasteiger partial charge on any atom is -0.490 e. The van der Waals surface area contributed by atoms with Gasteiger partial charge < -0.3 is 14.8 Å². The molecule has 0 unspecified atom stereocenters. The van der Waals surface area contributed by atoms with Gasteiger partial charge in [0.15, 0.2) is 0 Å². The van der Waals surface area contributed by atoms with Gasteiger partial charge in [0.1, 0.15) is 18.3 Å². The first-order chi connectivity index (χ1) is 17.2. The quantitative estimate of drug-likeness (QED) is 0.436. The molecule has 2 atom stereocenters. The van der Waals surface area contributed by atoms with Crippen LogP contribution in [0.4, 0.5) is 11.4 Å².